The SMILES string of the molecule is CCOC(=O)N1CCN(C(=O)C(=O)N(C=O)CCCN)CC1. The molecule has 4 amide bonds. The highest BCUT2D eigenvalue weighted by Gasteiger charge is 2.30. The highest BCUT2D eigenvalue weighted by atomic mass is 16.6. The van der Waals surface area contributed by atoms with Gasteiger partial charge in [0, 0.05) is 32.7 Å². The zero-order chi connectivity index (χ0) is 16.5. The molecule has 0 aromatic carbocycles. The maximum atomic E-state index is 12.1. The topological polar surface area (TPSA) is 113 Å². The average molecular weight is 314 g/mol. The number of carbonyl (C=O) groups excluding carboxylic acids is 4. The average Bonchev–Trinajstić information content (AvgIpc) is 2.55. The van der Waals surface area contributed by atoms with Gasteiger partial charge in [-0.25, -0.2) is 4.79 Å². The van der Waals surface area contributed by atoms with Gasteiger partial charge in [0.2, 0.25) is 6.41 Å². The molecule has 0 aliphatic carbocycles. The van der Waals surface area contributed by atoms with Gasteiger partial charge in [0.1, 0.15) is 0 Å². The van der Waals surface area contributed by atoms with Crippen molar-refractivity contribution in [2.75, 3.05) is 45.9 Å². The number of hydrogen-bond acceptors (Lipinski definition) is 6. The molecule has 0 bridgehead atoms. The summed E-state index contributed by atoms with van der Waals surface area (Å²) in [7, 11) is 0. The molecule has 0 radical (unpaired) electrons. The van der Waals surface area contributed by atoms with Crippen LogP contribution in [0.15, 0.2) is 0 Å². The molecule has 0 atom stereocenters. The Morgan fingerprint density at radius 1 is 1.18 bits per heavy atom. The third-order valence-corrected chi connectivity index (χ3v) is 3.27. The summed E-state index contributed by atoms with van der Waals surface area (Å²) in [4.78, 5) is 50.1. The molecule has 0 saturated carbocycles. The van der Waals surface area contributed by atoms with Crippen LogP contribution < -0.4 is 5.73 Å². The second-order valence-corrected chi connectivity index (χ2v) is 4.72. The first kappa shape index (κ1) is 17.9. The lowest BCUT2D eigenvalue weighted by Gasteiger charge is -2.34. The van der Waals surface area contributed by atoms with Gasteiger partial charge in [-0.05, 0) is 19.9 Å². The number of carbonyl (C=O) groups is 4. The summed E-state index contributed by atoms with van der Waals surface area (Å²) in [6, 6.07) is 0. The molecule has 0 spiro atoms. The quantitative estimate of drug-likeness (QED) is 0.494. The van der Waals surface area contributed by atoms with E-state index in [1.54, 1.807) is 6.92 Å². The number of imide groups is 1. The molecule has 9 nitrogen and oxygen atoms in total. The van der Waals surface area contributed by atoms with Crippen LogP contribution in [0, 0.1) is 0 Å². The van der Waals surface area contributed by atoms with Gasteiger partial charge in [-0.15, -0.1) is 0 Å². The predicted octanol–water partition coefficient (Wildman–Crippen LogP) is -1.38. The summed E-state index contributed by atoms with van der Waals surface area (Å²) in [6.07, 6.45) is 0.345. The van der Waals surface area contributed by atoms with E-state index < -0.39 is 17.9 Å². The predicted molar refractivity (Wildman–Crippen MR) is 76.6 cm³/mol. The van der Waals surface area contributed by atoms with Crippen molar-refractivity contribution >= 4 is 24.3 Å². The summed E-state index contributed by atoms with van der Waals surface area (Å²) in [5, 5.41) is 0. The summed E-state index contributed by atoms with van der Waals surface area (Å²) in [6.45, 7) is 3.48. The number of rotatable bonds is 5. The van der Waals surface area contributed by atoms with Crippen molar-refractivity contribution in [3.63, 3.8) is 0 Å². The van der Waals surface area contributed by atoms with Gasteiger partial charge in [-0.1, -0.05) is 0 Å². The normalized spacial score (nSPS) is 14.5. The van der Waals surface area contributed by atoms with E-state index in [2.05, 4.69) is 0 Å². The first-order chi connectivity index (χ1) is 10.5. The molecule has 0 aromatic rings. The number of ether oxygens (including phenoxy) is 1. The highest BCUT2D eigenvalue weighted by Crippen LogP contribution is 2.05. The van der Waals surface area contributed by atoms with Crippen molar-refractivity contribution in [1.82, 2.24) is 14.7 Å². The summed E-state index contributed by atoms with van der Waals surface area (Å²) >= 11 is 0. The van der Waals surface area contributed by atoms with Gasteiger partial charge >= 0.3 is 17.9 Å². The van der Waals surface area contributed by atoms with Crippen molar-refractivity contribution in [1.29, 1.82) is 0 Å². The van der Waals surface area contributed by atoms with Crippen molar-refractivity contribution < 1.29 is 23.9 Å². The van der Waals surface area contributed by atoms with Crippen LogP contribution in [-0.4, -0.2) is 84.9 Å². The highest BCUT2D eigenvalue weighted by molar-refractivity contribution is 6.36. The van der Waals surface area contributed by atoms with Crippen molar-refractivity contribution in [2.24, 2.45) is 5.73 Å². The zero-order valence-electron chi connectivity index (χ0n) is 12.7. The number of piperazine rings is 1. The van der Waals surface area contributed by atoms with Crippen LogP contribution in [0.1, 0.15) is 13.3 Å². The fourth-order valence-electron chi connectivity index (χ4n) is 2.03. The lowest BCUT2D eigenvalue weighted by molar-refractivity contribution is -0.154. The maximum Gasteiger partial charge on any atom is 0.409 e. The largest absolute Gasteiger partial charge is 0.450 e. The maximum absolute atomic E-state index is 12.1. The molecule has 22 heavy (non-hydrogen) atoms. The first-order valence-corrected chi connectivity index (χ1v) is 7.22. The molecule has 0 unspecified atom stereocenters. The molecule has 124 valence electrons. The standard InChI is InChI=1S/C13H22N4O5/c1-2-22-13(21)16-8-6-15(7-9-16)11(19)12(20)17(10-18)5-3-4-14/h10H,2-9,14H2,1H3. The van der Waals surface area contributed by atoms with Crippen LogP contribution in [0.5, 0.6) is 0 Å². The molecule has 1 aliphatic heterocycles. The minimum atomic E-state index is -0.868. The van der Waals surface area contributed by atoms with E-state index in [0.29, 0.717) is 32.5 Å². The number of nitrogens with two attached hydrogens (primary N) is 1. The number of hydrogen-bond donors (Lipinski definition) is 1. The van der Waals surface area contributed by atoms with Crippen molar-refractivity contribution in [2.45, 2.75) is 13.3 Å². The van der Waals surface area contributed by atoms with Gasteiger partial charge in [-0.3, -0.25) is 19.3 Å². The molecule has 1 aliphatic rings. The van der Waals surface area contributed by atoms with E-state index in [9.17, 15) is 19.2 Å². The van der Waals surface area contributed by atoms with Crippen LogP contribution in [0.3, 0.4) is 0 Å². The summed E-state index contributed by atoms with van der Waals surface area (Å²) in [5.41, 5.74) is 5.32. The molecule has 0 aromatic heterocycles. The van der Waals surface area contributed by atoms with E-state index >= 15 is 0 Å². The van der Waals surface area contributed by atoms with Gasteiger partial charge in [0.15, 0.2) is 0 Å². The molecular weight excluding hydrogens is 292 g/mol. The Morgan fingerprint density at radius 2 is 1.77 bits per heavy atom. The third kappa shape index (κ3) is 4.69. The second kappa shape index (κ2) is 8.98. The van der Waals surface area contributed by atoms with Crippen LogP contribution in [0.4, 0.5) is 4.79 Å². The minimum Gasteiger partial charge on any atom is -0.450 e. The minimum absolute atomic E-state index is 0.118. The monoisotopic (exact) mass is 314 g/mol. The van der Waals surface area contributed by atoms with Crippen LogP contribution in [0.25, 0.3) is 0 Å². The van der Waals surface area contributed by atoms with E-state index in [4.69, 9.17) is 10.5 Å². The lowest BCUT2D eigenvalue weighted by atomic mass is 10.3. The van der Waals surface area contributed by atoms with Gasteiger partial charge < -0.3 is 20.3 Å². The second-order valence-electron chi connectivity index (χ2n) is 4.72. The summed E-state index contributed by atoms with van der Waals surface area (Å²) in [5.74, 6) is -1.61. The van der Waals surface area contributed by atoms with Crippen molar-refractivity contribution in [3.05, 3.63) is 0 Å². The van der Waals surface area contributed by atoms with Crippen LogP contribution in [0.2, 0.25) is 0 Å². The van der Waals surface area contributed by atoms with Crippen molar-refractivity contribution in [3.8, 4) is 0 Å². The fraction of sp³-hybridized carbons (Fsp3) is 0.692. The third-order valence-electron chi connectivity index (χ3n) is 3.27. The van der Waals surface area contributed by atoms with Crippen LogP contribution in [-0.2, 0) is 19.1 Å². The van der Waals surface area contributed by atoms with E-state index in [-0.39, 0.29) is 26.2 Å². The molecule has 1 rings (SSSR count). The van der Waals surface area contributed by atoms with E-state index in [1.165, 1.54) is 9.80 Å². The van der Waals surface area contributed by atoms with Gasteiger partial charge in [0.05, 0.1) is 6.61 Å². The Kier molecular flexibility index (Phi) is 7.30. The Morgan fingerprint density at radius 3 is 2.27 bits per heavy atom. The Bertz CT molecular complexity index is 421. The zero-order valence-corrected chi connectivity index (χ0v) is 12.7. The van der Waals surface area contributed by atoms with Gasteiger partial charge in [-0.2, -0.15) is 0 Å². The Hall–Kier alpha value is -2.16. The Labute approximate surface area is 128 Å². The molecule has 2 N–H and O–H groups in total. The lowest BCUT2D eigenvalue weighted by Crippen LogP contribution is -2.54. The fourth-order valence-corrected chi connectivity index (χ4v) is 2.03. The van der Waals surface area contributed by atoms with E-state index in [0.717, 1.165) is 4.90 Å². The molecule has 1 saturated heterocycles. The summed E-state index contributed by atoms with van der Waals surface area (Å²) < 4.78 is 4.87. The Balaban J connectivity index is 2.52. The van der Waals surface area contributed by atoms with Crippen LogP contribution >= 0.6 is 0 Å². The molecule has 9 heteroatoms. The number of nitrogens with zero attached hydrogens (tertiary/aromatic N) is 3. The van der Waals surface area contributed by atoms with Gasteiger partial charge in [0.25, 0.3) is 0 Å². The first-order valence-electron chi connectivity index (χ1n) is 7.22. The molecule has 1 heterocycles. The van der Waals surface area contributed by atoms with E-state index in [1.807, 2.05) is 0 Å². The smallest absolute Gasteiger partial charge is 0.409 e. The molecule has 1 fully saturated rings. The number of amides is 4. The molecular formula is C13H22N4O5.